The molecule has 0 spiro atoms. The van der Waals surface area contributed by atoms with E-state index in [-0.39, 0.29) is 30.4 Å². The molecule has 0 saturated carbocycles. The number of amides is 1. The summed E-state index contributed by atoms with van der Waals surface area (Å²) in [6.07, 6.45) is 0.857. The van der Waals surface area contributed by atoms with Crippen LogP contribution < -0.4 is 24.8 Å². The first-order chi connectivity index (χ1) is 18.5. The number of benzene rings is 3. The second kappa shape index (κ2) is 11.0. The molecule has 0 radical (unpaired) electrons. The number of hydrogen-bond acceptors (Lipinski definition) is 7. The normalized spacial score (nSPS) is 16.2. The number of anilines is 2. The molecular weight excluding hydrogens is 506 g/mol. The van der Waals surface area contributed by atoms with Gasteiger partial charge in [-0.3, -0.25) is 10.1 Å². The molecule has 10 heteroatoms. The van der Waals surface area contributed by atoms with Crippen LogP contribution in [-0.4, -0.2) is 42.0 Å². The molecule has 1 aliphatic heterocycles. The van der Waals surface area contributed by atoms with Crippen molar-refractivity contribution < 1.29 is 19.0 Å². The summed E-state index contributed by atoms with van der Waals surface area (Å²) in [7, 11) is 4.78. The van der Waals surface area contributed by atoms with Crippen LogP contribution >= 0.6 is 11.6 Å². The molecule has 2 unspecified atom stereocenters. The van der Waals surface area contributed by atoms with Crippen LogP contribution in [0.2, 0.25) is 5.02 Å². The van der Waals surface area contributed by atoms with Crippen molar-refractivity contribution in [3.63, 3.8) is 0 Å². The molecule has 2 N–H and O–H groups in total. The molecule has 38 heavy (non-hydrogen) atoms. The molecule has 1 amide bonds. The third-order valence-electron chi connectivity index (χ3n) is 6.53. The van der Waals surface area contributed by atoms with E-state index in [0.717, 1.165) is 28.9 Å². The third kappa shape index (κ3) is 5.38. The minimum absolute atomic E-state index is 0.0198. The number of carbonyl (C=O) groups is 1. The lowest BCUT2D eigenvalue weighted by Crippen LogP contribution is -2.28. The first-order valence-electron chi connectivity index (χ1n) is 12.1. The molecule has 0 aliphatic carbocycles. The Morgan fingerprint density at radius 2 is 1.68 bits per heavy atom. The zero-order valence-electron chi connectivity index (χ0n) is 21.3. The first-order valence-corrected chi connectivity index (χ1v) is 12.5. The van der Waals surface area contributed by atoms with Crippen LogP contribution in [0.15, 0.2) is 66.7 Å². The average molecular weight is 534 g/mol. The van der Waals surface area contributed by atoms with Gasteiger partial charge >= 0.3 is 0 Å². The van der Waals surface area contributed by atoms with Gasteiger partial charge in [0.1, 0.15) is 5.75 Å². The molecular formula is C28H28ClN5O4. The quantitative estimate of drug-likeness (QED) is 0.317. The highest BCUT2D eigenvalue weighted by molar-refractivity contribution is 6.30. The summed E-state index contributed by atoms with van der Waals surface area (Å²) in [5.41, 5.74) is 2.92. The standard InChI is InChI=1S/C28H28ClN5O4/c1-36-21-11-7-18(8-12-21)22-16-23(19-5-9-20(29)10-6-19)34-28(30-22)32-27(33-34)31-26(35)15-17-4-13-24(37-2)25(14-17)38-3/h4-14,22-23H,15-16H2,1-3H3,(H2,30,31,32,33,35). The van der Waals surface area contributed by atoms with Gasteiger partial charge < -0.3 is 19.5 Å². The van der Waals surface area contributed by atoms with Gasteiger partial charge in [0, 0.05) is 5.02 Å². The number of aromatic nitrogens is 3. The summed E-state index contributed by atoms with van der Waals surface area (Å²) in [6.45, 7) is 0. The number of nitrogens with zero attached hydrogens (tertiary/aromatic N) is 3. The fourth-order valence-corrected chi connectivity index (χ4v) is 4.72. The minimum atomic E-state index is -0.241. The lowest BCUT2D eigenvalue weighted by atomic mass is 9.93. The lowest BCUT2D eigenvalue weighted by molar-refractivity contribution is -0.115. The average Bonchev–Trinajstić information content (AvgIpc) is 3.35. The minimum Gasteiger partial charge on any atom is -0.497 e. The van der Waals surface area contributed by atoms with E-state index in [1.807, 2.05) is 59.3 Å². The van der Waals surface area contributed by atoms with Gasteiger partial charge in [-0.25, -0.2) is 4.68 Å². The van der Waals surface area contributed by atoms with Crippen LogP contribution in [0.4, 0.5) is 11.9 Å². The molecule has 9 nitrogen and oxygen atoms in total. The number of ether oxygens (including phenoxy) is 3. The van der Waals surface area contributed by atoms with Crippen molar-refractivity contribution in [2.24, 2.45) is 0 Å². The van der Waals surface area contributed by atoms with Gasteiger partial charge in [-0.05, 0) is 59.5 Å². The van der Waals surface area contributed by atoms with Gasteiger partial charge in [0.25, 0.3) is 5.95 Å². The zero-order chi connectivity index (χ0) is 26.6. The van der Waals surface area contributed by atoms with Crippen LogP contribution in [0.25, 0.3) is 0 Å². The molecule has 4 aromatic rings. The Kier molecular flexibility index (Phi) is 7.37. The molecule has 5 rings (SSSR count). The number of halogens is 1. The predicted octanol–water partition coefficient (Wildman–Crippen LogP) is 5.28. The van der Waals surface area contributed by atoms with E-state index < -0.39 is 0 Å². The molecule has 3 aromatic carbocycles. The van der Waals surface area contributed by atoms with E-state index >= 15 is 0 Å². The van der Waals surface area contributed by atoms with Gasteiger partial charge in [0.2, 0.25) is 11.9 Å². The van der Waals surface area contributed by atoms with Gasteiger partial charge in [-0.1, -0.05) is 41.9 Å². The Hall–Kier alpha value is -4.24. The molecule has 1 aromatic heterocycles. The Balaban J connectivity index is 1.39. The maximum absolute atomic E-state index is 12.9. The highest BCUT2D eigenvalue weighted by Crippen LogP contribution is 2.39. The van der Waals surface area contributed by atoms with Crippen LogP contribution in [0.5, 0.6) is 17.2 Å². The van der Waals surface area contributed by atoms with Crippen LogP contribution in [0.3, 0.4) is 0 Å². The second-order valence-corrected chi connectivity index (χ2v) is 9.33. The summed E-state index contributed by atoms with van der Waals surface area (Å²) in [5, 5.41) is 11.6. The first kappa shape index (κ1) is 25.4. The zero-order valence-corrected chi connectivity index (χ0v) is 22.0. The molecule has 2 atom stereocenters. The van der Waals surface area contributed by atoms with Crippen molar-refractivity contribution in [1.29, 1.82) is 0 Å². The summed E-state index contributed by atoms with van der Waals surface area (Å²) < 4.78 is 17.7. The molecule has 196 valence electrons. The van der Waals surface area contributed by atoms with Crippen molar-refractivity contribution in [1.82, 2.24) is 14.8 Å². The van der Waals surface area contributed by atoms with Crippen molar-refractivity contribution in [3.05, 3.63) is 88.4 Å². The summed E-state index contributed by atoms with van der Waals surface area (Å²) in [5.74, 6) is 2.51. The Morgan fingerprint density at radius 1 is 0.974 bits per heavy atom. The molecule has 2 heterocycles. The molecule has 0 bridgehead atoms. The Labute approximate surface area is 225 Å². The summed E-state index contributed by atoms with van der Waals surface area (Å²) >= 11 is 6.15. The highest BCUT2D eigenvalue weighted by atomic mass is 35.5. The van der Waals surface area contributed by atoms with Crippen molar-refractivity contribution in [2.45, 2.75) is 24.9 Å². The fraction of sp³-hybridized carbons (Fsp3) is 0.250. The van der Waals surface area contributed by atoms with E-state index in [1.165, 1.54) is 0 Å². The smallest absolute Gasteiger partial charge is 0.250 e. The van der Waals surface area contributed by atoms with E-state index in [9.17, 15) is 4.79 Å². The van der Waals surface area contributed by atoms with E-state index in [2.05, 4.69) is 20.7 Å². The van der Waals surface area contributed by atoms with Gasteiger partial charge in [-0.2, -0.15) is 4.98 Å². The number of fused-ring (bicyclic) bond motifs is 1. The maximum atomic E-state index is 12.9. The number of hydrogen-bond donors (Lipinski definition) is 2. The number of rotatable bonds is 8. The van der Waals surface area contributed by atoms with Gasteiger partial charge in [0.15, 0.2) is 11.5 Å². The lowest BCUT2D eigenvalue weighted by Gasteiger charge is -2.31. The second-order valence-electron chi connectivity index (χ2n) is 8.89. The number of nitrogens with one attached hydrogen (secondary N) is 2. The third-order valence-corrected chi connectivity index (χ3v) is 6.78. The molecule has 1 aliphatic rings. The van der Waals surface area contributed by atoms with E-state index in [0.29, 0.717) is 22.5 Å². The molecule has 0 saturated heterocycles. The fourth-order valence-electron chi connectivity index (χ4n) is 4.59. The van der Waals surface area contributed by atoms with Crippen LogP contribution in [-0.2, 0) is 11.2 Å². The maximum Gasteiger partial charge on any atom is 0.250 e. The predicted molar refractivity (Wildman–Crippen MR) is 145 cm³/mol. The van der Waals surface area contributed by atoms with E-state index in [4.69, 9.17) is 25.8 Å². The largest absolute Gasteiger partial charge is 0.497 e. The highest BCUT2D eigenvalue weighted by Gasteiger charge is 2.31. The number of carbonyl (C=O) groups excluding carboxylic acids is 1. The monoisotopic (exact) mass is 533 g/mol. The van der Waals surface area contributed by atoms with Crippen molar-refractivity contribution in [2.75, 3.05) is 32.0 Å². The Morgan fingerprint density at radius 3 is 2.37 bits per heavy atom. The SMILES string of the molecule is COc1ccc(C2CC(c3ccc(Cl)cc3)n3nc(NC(=O)Cc4ccc(OC)c(OC)c4)nc3N2)cc1. The van der Waals surface area contributed by atoms with Crippen molar-refractivity contribution >= 4 is 29.4 Å². The van der Waals surface area contributed by atoms with Crippen LogP contribution in [0, 0.1) is 0 Å². The Bertz CT molecular complexity index is 1420. The number of methoxy groups -OCH3 is 3. The summed E-state index contributed by atoms with van der Waals surface area (Å²) in [6, 6.07) is 20.9. The van der Waals surface area contributed by atoms with Gasteiger partial charge in [0.05, 0.1) is 39.8 Å². The van der Waals surface area contributed by atoms with Crippen LogP contribution in [0.1, 0.15) is 35.2 Å². The van der Waals surface area contributed by atoms with E-state index in [1.54, 1.807) is 33.5 Å². The topological polar surface area (TPSA) is 99.5 Å². The summed E-state index contributed by atoms with van der Waals surface area (Å²) in [4.78, 5) is 17.5. The van der Waals surface area contributed by atoms with Crippen molar-refractivity contribution in [3.8, 4) is 17.2 Å². The molecule has 0 fully saturated rings. The van der Waals surface area contributed by atoms with Gasteiger partial charge in [-0.15, -0.1) is 5.10 Å².